The lowest BCUT2D eigenvalue weighted by molar-refractivity contribution is -0.213. The lowest BCUT2D eigenvalue weighted by Crippen LogP contribution is -2.65. The zero-order valence-corrected chi connectivity index (χ0v) is 23.9. The normalized spacial score (nSPS) is 50.0. The molecular weight excluding hydrogens is 432 g/mol. The highest BCUT2D eigenvalue weighted by Crippen LogP contribution is 2.75. The number of carbonyl (C=O) groups excluding carboxylic acids is 1. The predicted octanol–water partition coefficient (Wildman–Crippen LogP) is 7.71. The van der Waals surface area contributed by atoms with Crippen molar-refractivity contribution in [2.24, 2.45) is 50.2 Å². The molecule has 1 N–H and O–H groups in total. The minimum atomic E-state index is -0.130. The van der Waals surface area contributed by atoms with Gasteiger partial charge in [-0.2, -0.15) is 0 Å². The van der Waals surface area contributed by atoms with Gasteiger partial charge in [-0.1, -0.05) is 60.1 Å². The van der Waals surface area contributed by atoms with Crippen molar-refractivity contribution in [3.05, 3.63) is 11.6 Å². The van der Waals surface area contributed by atoms with Crippen LogP contribution in [0.25, 0.3) is 0 Å². The van der Waals surface area contributed by atoms with Crippen molar-refractivity contribution in [1.29, 1.82) is 0 Å². The van der Waals surface area contributed by atoms with E-state index in [0.717, 1.165) is 12.8 Å². The van der Waals surface area contributed by atoms with E-state index < -0.39 is 0 Å². The third-order valence-electron chi connectivity index (χ3n) is 13.4. The summed E-state index contributed by atoms with van der Waals surface area (Å²) >= 11 is 0. The van der Waals surface area contributed by atoms with Gasteiger partial charge >= 0.3 is 5.97 Å². The first kappa shape index (κ1) is 25.8. The quantitative estimate of drug-likeness (QED) is 0.322. The first-order chi connectivity index (χ1) is 16.2. The molecule has 3 nitrogen and oxygen atoms in total. The lowest BCUT2D eigenvalue weighted by atomic mass is 9.33. The minimum absolute atomic E-state index is 0.0108. The predicted molar refractivity (Wildman–Crippen MR) is 142 cm³/mol. The monoisotopic (exact) mass is 484 g/mol. The number of hydrogen-bond donors (Lipinski definition) is 1. The average molecular weight is 485 g/mol. The number of rotatable bonds is 2. The summed E-state index contributed by atoms with van der Waals surface area (Å²) < 4.78 is 5.89. The molecule has 0 spiro atoms. The molecule has 35 heavy (non-hydrogen) atoms. The van der Waals surface area contributed by atoms with Gasteiger partial charge in [0.15, 0.2) is 0 Å². The fourth-order valence-electron chi connectivity index (χ4n) is 11.0. The van der Waals surface area contributed by atoms with Crippen molar-refractivity contribution in [1.82, 2.24) is 0 Å². The summed E-state index contributed by atoms with van der Waals surface area (Å²) in [7, 11) is 0. The largest absolute Gasteiger partial charge is 0.462 e. The van der Waals surface area contributed by atoms with Gasteiger partial charge in [-0.3, -0.25) is 4.79 Å². The zero-order chi connectivity index (χ0) is 25.7. The Bertz CT molecular complexity index is 916. The van der Waals surface area contributed by atoms with E-state index in [1.54, 1.807) is 12.5 Å². The second kappa shape index (κ2) is 7.84. The van der Waals surface area contributed by atoms with E-state index in [1.807, 2.05) is 0 Å². The molecule has 0 aliphatic heterocycles. The Kier molecular flexibility index (Phi) is 5.78. The van der Waals surface area contributed by atoms with E-state index in [1.165, 1.54) is 51.4 Å². The molecule has 5 aliphatic carbocycles. The van der Waals surface area contributed by atoms with Crippen molar-refractivity contribution in [3.8, 4) is 0 Å². The summed E-state index contributed by atoms with van der Waals surface area (Å²) in [6, 6.07) is 0. The van der Waals surface area contributed by atoms with Crippen molar-refractivity contribution < 1.29 is 14.6 Å². The highest BCUT2D eigenvalue weighted by Gasteiger charge is 2.68. The summed E-state index contributed by atoms with van der Waals surface area (Å²) in [4.78, 5) is 11.9. The fraction of sp³-hybridized carbons (Fsp3) is 0.906. The van der Waals surface area contributed by atoms with Crippen LogP contribution in [0.5, 0.6) is 0 Å². The maximum atomic E-state index is 11.9. The van der Waals surface area contributed by atoms with Gasteiger partial charge in [0.1, 0.15) is 6.10 Å². The molecule has 4 saturated carbocycles. The van der Waals surface area contributed by atoms with Crippen LogP contribution in [0.3, 0.4) is 0 Å². The van der Waals surface area contributed by atoms with Gasteiger partial charge in [0.25, 0.3) is 0 Å². The molecular formula is C32H52O3. The van der Waals surface area contributed by atoms with Crippen molar-refractivity contribution in [2.45, 2.75) is 126 Å². The summed E-state index contributed by atoms with van der Waals surface area (Å²) in [5.41, 5.74) is 2.98. The van der Waals surface area contributed by atoms with E-state index in [0.29, 0.717) is 29.8 Å². The zero-order valence-electron chi connectivity index (χ0n) is 23.9. The molecule has 198 valence electrons. The maximum absolute atomic E-state index is 11.9. The number of allylic oxidation sites excluding steroid dienone is 2. The van der Waals surface area contributed by atoms with Crippen LogP contribution >= 0.6 is 0 Å². The summed E-state index contributed by atoms with van der Waals surface area (Å²) in [6.07, 6.45) is 14.6. The molecule has 3 heteroatoms. The second-order valence-corrected chi connectivity index (χ2v) is 15.7. The van der Waals surface area contributed by atoms with Gasteiger partial charge in [-0.05, 0) is 104 Å². The van der Waals surface area contributed by atoms with Gasteiger partial charge < -0.3 is 9.84 Å². The standard InChI is InChI=1S/C32H52O3/c1-21(34)35-26-12-13-29(6)24(28(26,4)5)11-14-31(8)25(29)10-9-22-23-19-27(2,3)15-17-32(23,20-33)18-16-30(22,31)7/h9,23-26,33H,10-20H2,1-8H3/t23-,24?,25-,26?,29+,30-,31-,32-/m1/s1. The number of aliphatic hydroxyl groups excluding tert-OH is 1. The first-order valence-corrected chi connectivity index (χ1v) is 14.6. The molecule has 0 radical (unpaired) electrons. The van der Waals surface area contributed by atoms with Gasteiger partial charge in [0, 0.05) is 24.4 Å². The highest BCUT2D eigenvalue weighted by molar-refractivity contribution is 5.66. The molecule has 2 unspecified atom stereocenters. The van der Waals surface area contributed by atoms with Crippen LogP contribution in [-0.2, 0) is 9.53 Å². The van der Waals surface area contributed by atoms with E-state index in [9.17, 15) is 9.90 Å². The van der Waals surface area contributed by atoms with Crippen LogP contribution in [0.1, 0.15) is 120 Å². The fourth-order valence-corrected chi connectivity index (χ4v) is 11.0. The molecule has 5 aliphatic rings. The number of hydrogen-bond acceptors (Lipinski definition) is 3. The number of ether oxygens (including phenoxy) is 1. The SMILES string of the molecule is CC(=O)OC1CC[C@@]2(C)C(CC[C@]3(C)[C@@H]2CC=C2[C@H]4CC(C)(C)CC[C@]4(CO)CC[C@]23C)C1(C)C. The topological polar surface area (TPSA) is 46.5 Å². The average Bonchev–Trinajstić information content (AvgIpc) is 2.76. The van der Waals surface area contributed by atoms with E-state index in [2.05, 4.69) is 54.5 Å². The van der Waals surface area contributed by atoms with E-state index in [-0.39, 0.29) is 39.1 Å². The Morgan fingerprint density at radius 1 is 0.943 bits per heavy atom. The van der Waals surface area contributed by atoms with Crippen LogP contribution in [0.2, 0.25) is 0 Å². The number of esters is 1. The van der Waals surface area contributed by atoms with Crippen LogP contribution in [-0.4, -0.2) is 23.8 Å². The van der Waals surface area contributed by atoms with Crippen LogP contribution in [0.15, 0.2) is 11.6 Å². The van der Waals surface area contributed by atoms with Gasteiger partial charge in [0.05, 0.1) is 0 Å². The Hall–Kier alpha value is -0.830. The van der Waals surface area contributed by atoms with Crippen LogP contribution in [0.4, 0.5) is 0 Å². The molecule has 0 amide bonds. The highest BCUT2D eigenvalue weighted by atomic mass is 16.5. The molecule has 0 saturated heterocycles. The summed E-state index contributed by atoms with van der Waals surface area (Å²) in [6.45, 7) is 19.4. The third-order valence-corrected chi connectivity index (χ3v) is 13.4. The van der Waals surface area contributed by atoms with E-state index in [4.69, 9.17) is 4.74 Å². The van der Waals surface area contributed by atoms with E-state index >= 15 is 0 Å². The van der Waals surface area contributed by atoms with Gasteiger partial charge in [-0.25, -0.2) is 0 Å². The smallest absolute Gasteiger partial charge is 0.302 e. The molecule has 4 fully saturated rings. The Labute approximate surface area is 214 Å². The number of aliphatic hydroxyl groups is 1. The molecule has 5 rings (SSSR count). The van der Waals surface area contributed by atoms with Crippen LogP contribution < -0.4 is 0 Å². The summed E-state index contributed by atoms with van der Waals surface area (Å²) in [5.74, 6) is 1.65. The molecule has 0 aromatic carbocycles. The van der Waals surface area contributed by atoms with Crippen molar-refractivity contribution in [3.63, 3.8) is 0 Å². The molecule has 0 aromatic heterocycles. The van der Waals surface area contributed by atoms with Crippen LogP contribution in [0, 0.1) is 50.2 Å². The number of fused-ring (bicyclic) bond motifs is 7. The molecule has 0 heterocycles. The molecule has 0 bridgehead atoms. The maximum Gasteiger partial charge on any atom is 0.302 e. The number of carbonyl (C=O) groups is 1. The summed E-state index contributed by atoms with van der Waals surface area (Å²) in [5, 5.41) is 10.7. The Morgan fingerprint density at radius 2 is 1.63 bits per heavy atom. The first-order valence-electron chi connectivity index (χ1n) is 14.6. The molecule has 8 atom stereocenters. The van der Waals surface area contributed by atoms with Crippen molar-refractivity contribution in [2.75, 3.05) is 6.61 Å². The third kappa shape index (κ3) is 3.41. The van der Waals surface area contributed by atoms with Gasteiger partial charge in [0.2, 0.25) is 0 Å². The van der Waals surface area contributed by atoms with Crippen molar-refractivity contribution >= 4 is 5.97 Å². The Morgan fingerprint density at radius 3 is 2.29 bits per heavy atom. The Balaban J connectivity index is 1.53. The molecule has 0 aromatic rings. The second-order valence-electron chi connectivity index (χ2n) is 15.7. The lowest BCUT2D eigenvalue weighted by Gasteiger charge is -2.71. The minimum Gasteiger partial charge on any atom is -0.462 e. The van der Waals surface area contributed by atoms with Gasteiger partial charge in [-0.15, -0.1) is 0 Å².